The van der Waals surface area contributed by atoms with Gasteiger partial charge in [-0.3, -0.25) is 4.79 Å². The summed E-state index contributed by atoms with van der Waals surface area (Å²) in [6, 6.07) is 11.2. The lowest BCUT2D eigenvalue weighted by Crippen LogP contribution is -2.19. The number of amidine groups is 1. The minimum atomic E-state index is -0.235. The number of halogens is 2. The number of hydrogen-bond acceptors (Lipinski definition) is 4. The van der Waals surface area contributed by atoms with Gasteiger partial charge in [-0.2, -0.15) is 0 Å². The van der Waals surface area contributed by atoms with Gasteiger partial charge in [0.15, 0.2) is 5.17 Å². The van der Waals surface area contributed by atoms with Crippen LogP contribution < -0.4 is 5.32 Å². The standard InChI is InChI=1S/C17H12Br2N2O2S/c1-9-2-4-12(5-3-9)20-17-21-16(23)14(24-17)7-10-6-11(18)8-13(19)15(10)22/h2-8,22H,1H3,(H,20,21,23)/b14-7+. The molecule has 0 atom stereocenters. The number of phenols is 1. The molecule has 1 heterocycles. The Labute approximate surface area is 160 Å². The Morgan fingerprint density at radius 2 is 1.92 bits per heavy atom. The molecule has 0 bridgehead atoms. The van der Waals surface area contributed by atoms with Crippen molar-refractivity contribution >= 4 is 66.5 Å². The number of thioether (sulfide) groups is 1. The molecule has 1 fully saturated rings. The molecule has 1 amide bonds. The number of rotatable bonds is 2. The van der Waals surface area contributed by atoms with Gasteiger partial charge >= 0.3 is 0 Å². The number of aromatic hydroxyl groups is 1. The van der Waals surface area contributed by atoms with Gasteiger partial charge in [0.1, 0.15) is 5.75 Å². The van der Waals surface area contributed by atoms with Crippen LogP contribution in [0.3, 0.4) is 0 Å². The lowest BCUT2D eigenvalue weighted by molar-refractivity contribution is -0.115. The normalized spacial score (nSPS) is 17.5. The summed E-state index contributed by atoms with van der Waals surface area (Å²) < 4.78 is 1.36. The van der Waals surface area contributed by atoms with Gasteiger partial charge in [0, 0.05) is 10.0 Å². The van der Waals surface area contributed by atoms with Crippen molar-refractivity contribution in [3.8, 4) is 5.75 Å². The van der Waals surface area contributed by atoms with Crippen molar-refractivity contribution in [2.45, 2.75) is 6.92 Å². The van der Waals surface area contributed by atoms with Gasteiger partial charge in [0.05, 0.1) is 15.1 Å². The molecule has 4 nitrogen and oxygen atoms in total. The van der Waals surface area contributed by atoms with Gasteiger partial charge in [-0.05, 0) is 65.0 Å². The zero-order valence-corrected chi connectivity index (χ0v) is 16.5. The number of phenolic OH excluding ortho intramolecular Hbond substituents is 1. The Kier molecular flexibility index (Phi) is 5.12. The van der Waals surface area contributed by atoms with E-state index >= 15 is 0 Å². The van der Waals surface area contributed by atoms with Crippen LogP contribution in [-0.2, 0) is 4.79 Å². The van der Waals surface area contributed by atoms with Crippen LogP contribution in [0.25, 0.3) is 6.08 Å². The number of benzene rings is 2. The maximum Gasteiger partial charge on any atom is 0.264 e. The number of carbonyl (C=O) groups excluding carboxylic acids is 1. The second-order valence-corrected chi connectivity index (χ2v) is 7.94. The number of amides is 1. The second kappa shape index (κ2) is 7.13. The molecule has 7 heteroatoms. The van der Waals surface area contributed by atoms with E-state index in [-0.39, 0.29) is 11.7 Å². The summed E-state index contributed by atoms with van der Waals surface area (Å²) in [5.74, 6) is -0.149. The predicted molar refractivity (Wildman–Crippen MR) is 105 cm³/mol. The van der Waals surface area contributed by atoms with Gasteiger partial charge in [0.2, 0.25) is 0 Å². The molecule has 0 saturated carbocycles. The van der Waals surface area contributed by atoms with Gasteiger partial charge in [-0.15, -0.1) is 0 Å². The molecule has 0 unspecified atom stereocenters. The van der Waals surface area contributed by atoms with E-state index in [1.165, 1.54) is 11.8 Å². The Morgan fingerprint density at radius 3 is 2.62 bits per heavy atom. The van der Waals surface area contributed by atoms with E-state index in [9.17, 15) is 9.90 Å². The number of carbonyl (C=O) groups is 1. The van der Waals surface area contributed by atoms with Crippen molar-refractivity contribution < 1.29 is 9.90 Å². The first-order valence-electron chi connectivity index (χ1n) is 6.96. The van der Waals surface area contributed by atoms with Gasteiger partial charge < -0.3 is 10.4 Å². The van der Waals surface area contributed by atoms with Crippen molar-refractivity contribution in [3.63, 3.8) is 0 Å². The van der Waals surface area contributed by atoms with E-state index in [1.54, 1.807) is 18.2 Å². The van der Waals surface area contributed by atoms with Crippen molar-refractivity contribution in [2.75, 3.05) is 0 Å². The first-order chi connectivity index (χ1) is 11.4. The van der Waals surface area contributed by atoms with Crippen LogP contribution in [0.1, 0.15) is 11.1 Å². The molecule has 0 spiro atoms. The summed E-state index contributed by atoms with van der Waals surface area (Å²) in [7, 11) is 0. The first-order valence-corrected chi connectivity index (χ1v) is 9.37. The predicted octanol–water partition coefficient (Wildman–Crippen LogP) is 5.12. The quantitative estimate of drug-likeness (QED) is 0.602. The fourth-order valence-electron chi connectivity index (χ4n) is 2.05. The maximum absolute atomic E-state index is 12.1. The Morgan fingerprint density at radius 1 is 1.21 bits per heavy atom. The summed E-state index contributed by atoms with van der Waals surface area (Å²) in [5.41, 5.74) is 2.47. The lowest BCUT2D eigenvalue weighted by Gasteiger charge is -2.03. The third kappa shape index (κ3) is 3.91. The summed E-state index contributed by atoms with van der Waals surface area (Å²) >= 11 is 7.90. The average molecular weight is 468 g/mol. The molecule has 2 aromatic carbocycles. The van der Waals surface area contributed by atoms with Crippen LogP contribution in [0.15, 0.2) is 55.2 Å². The highest BCUT2D eigenvalue weighted by molar-refractivity contribution is 9.11. The van der Waals surface area contributed by atoms with Crippen molar-refractivity contribution in [2.24, 2.45) is 4.99 Å². The molecule has 2 aromatic rings. The monoisotopic (exact) mass is 466 g/mol. The molecule has 24 heavy (non-hydrogen) atoms. The van der Waals surface area contributed by atoms with E-state index in [0.717, 1.165) is 15.7 Å². The van der Waals surface area contributed by atoms with Gasteiger partial charge in [-0.1, -0.05) is 33.6 Å². The van der Waals surface area contributed by atoms with Crippen LogP contribution in [0.5, 0.6) is 5.75 Å². The minimum Gasteiger partial charge on any atom is -0.506 e. The molecule has 0 radical (unpaired) electrons. The highest BCUT2D eigenvalue weighted by Gasteiger charge is 2.24. The topological polar surface area (TPSA) is 61.7 Å². The zero-order valence-electron chi connectivity index (χ0n) is 12.5. The minimum absolute atomic E-state index is 0.0861. The van der Waals surface area contributed by atoms with E-state index in [4.69, 9.17) is 0 Å². The van der Waals surface area contributed by atoms with E-state index in [1.807, 2.05) is 31.2 Å². The van der Waals surface area contributed by atoms with E-state index in [0.29, 0.717) is 20.1 Å². The van der Waals surface area contributed by atoms with Gasteiger partial charge in [-0.25, -0.2) is 4.99 Å². The third-order valence-electron chi connectivity index (χ3n) is 3.26. The number of aryl methyl sites for hydroxylation is 1. The molecular weight excluding hydrogens is 456 g/mol. The molecule has 0 aromatic heterocycles. The Hall–Kier alpha value is -1.57. The van der Waals surface area contributed by atoms with Gasteiger partial charge in [0.25, 0.3) is 5.91 Å². The van der Waals surface area contributed by atoms with Crippen LogP contribution in [0.2, 0.25) is 0 Å². The molecule has 1 aliphatic heterocycles. The number of aliphatic imine (C=N–C) groups is 1. The largest absolute Gasteiger partial charge is 0.506 e. The summed E-state index contributed by atoms with van der Waals surface area (Å²) in [6.07, 6.45) is 1.64. The summed E-state index contributed by atoms with van der Waals surface area (Å²) in [6.45, 7) is 2.01. The van der Waals surface area contributed by atoms with Crippen LogP contribution in [0, 0.1) is 6.92 Å². The van der Waals surface area contributed by atoms with E-state index in [2.05, 4.69) is 42.2 Å². The average Bonchev–Trinajstić information content (AvgIpc) is 2.86. The molecule has 122 valence electrons. The lowest BCUT2D eigenvalue weighted by atomic mass is 10.2. The molecule has 1 saturated heterocycles. The van der Waals surface area contributed by atoms with Crippen LogP contribution in [0.4, 0.5) is 5.69 Å². The molecule has 1 aliphatic rings. The third-order valence-corrected chi connectivity index (χ3v) is 5.23. The summed E-state index contributed by atoms with van der Waals surface area (Å²) in [5, 5.41) is 13.4. The first kappa shape index (κ1) is 17.3. The molecule has 2 N–H and O–H groups in total. The maximum atomic E-state index is 12.1. The molecular formula is C17H12Br2N2O2S. The number of nitrogens with one attached hydrogen (secondary N) is 1. The van der Waals surface area contributed by atoms with Crippen molar-refractivity contribution in [1.29, 1.82) is 0 Å². The molecule has 3 rings (SSSR count). The SMILES string of the molecule is Cc1ccc(N=C2NC(=O)/C(=C\c3cc(Br)cc(Br)c3O)S2)cc1. The zero-order chi connectivity index (χ0) is 17.3. The number of hydrogen-bond donors (Lipinski definition) is 2. The van der Waals surface area contributed by atoms with E-state index < -0.39 is 0 Å². The fourth-order valence-corrected chi connectivity index (χ4v) is 4.15. The number of nitrogens with zero attached hydrogens (tertiary/aromatic N) is 1. The highest BCUT2D eigenvalue weighted by Crippen LogP contribution is 2.35. The highest BCUT2D eigenvalue weighted by atomic mass is 79.9. The fraction of sp³-hybridized carbons (Fsp3) is 0.0588. The van der Waals surface area contributed by atoms with Crippen molar-refractivity contribution in [3.05, 3.63) is 61.4 Å². The second-order valence-electron chi connectivity index (χ2n) is 5.14. The van der Waals surface area contributed by atoms with Crippen LogP contribution >= 0.6 is 43.6 Å². The summed E-state index contributed by atoms with van der Waals surface area (Å²) in [4.78, 5) is 17.0. The Bertz CT molecular complexity index is 877. The Balaban J connectivity index is 1.89. The van der Waals surface area contributed by atoms with Crippen molar-refractivity contribution in [1.82, 2.24) is 5.32 Å². The smallest absolute Gasteiger partial charge is 0.264 e. The van der Waals surface area contributed by atoms with Crippen LogP contribution in [-0.4, -0.2) is 16.2 Å². The molecule has 0 aliphatic carbocycles.